The van der Waals surface area contributed by atoms with E-state index in [1.165, 1.54) is 0 Å². The molecule has 0 heterocycles. The Bertz CT molecular complexity index is 854. The van der Waals surface area contributed by atoms with E-state index in [0.29, 0.717) is 0 Å². The van der Waals surface area contributed by atoms with Crippen LogP contribution in [0.5, 0.6) is 5.75 Å². The molecule has 1 N–H and O–H groups in total. The fourth-order valence-electron chi connectivity index (χ4n) is 2.65. The molecule has 0 saturated heterocycles. The predicted molar refractivity (Wildman–Crippen MR) is 109 cm³/mol. The second-order valence-electron chi connectivity index (χ2n) is 6.14. The average Bonchev–Trinajstić information content (AvgIpc) is 2.69. The van der Waals surface area contributed by atoms with Gasteiger partial charge in [0.05, 0.1) is 7.11 Å². The van der Waals surface area contributed by atoms with Crippen molar-refractivity contribution in [3.05, 3.63) is 101 Å². The highest BCUT2D eigenvalue weighted by atomic mass is 32.2. The molecule has 0 radical (unpaired) electrons. The molecule has 3 rings (SSSR count). The van der Waals surface area contributed by atoms with Crippen LogP contribution in [0.4, 0.5) is 0 Å². The Morgan fingerprint density at radius 2 is 1.46 bits per heavy atom. The van der Waals surface area contributed by atoms with Gasteiger partial charge < -0.3 is 9.84 Å². The third-order valence-corrected chi connectivity index (χ3v) is 5.44. The van der Waals surface area contributed by atoms with E-state index in [4.69, 9.17) is 4.74 Å². The van der Waals surface area contributed by atoms with Gasteiger partial charge in [0.15, 0.2) is 0 Å². The number of hydrogen-bond donors (Lipinski definition) is 1. The molecule has 0 amide bonds. The largest absolute Gasteiger partial charge is 0.497 e. The van der Waals surface area contributed by atoms with Crippen LogP contribution >= 0.6 is 11.8 Å². The first-order chi connectivity index (χ1) is 12.6. The number of aliphatic hydroxyl groups is 1. The van der Waals surface area contributed by atoms with Crippen molar-refractivity contribution >= 4 is 17.8 Å². The smallest absolute Gasteiger partial charge is 0.118 e. The Labute approximate surface area is 159 Å². The number of hydrogen-bond acceptors (Lipinski definition) is 3. The summed E-state index contributed by atoms with van der Waals surface area (Å²) in [5.41, 5.74) is 0.824. The monoisotopic (exact) mass is 362 g/mol. The molecule has 3 aromatic carbocycles. The van der Waals surface area contributed by atoms with Gasteiger partial charge in [-0.15, -0.1) is 0 Å². The summed E-state index contributed by atoms with van der Waals surface area (Å²) < 4.78 is 5.23. The van der Waals surface area contributed by atoms with Crippen molar-refractivity contribution in [1.29, 1.82) is 0 Å². The van der Waals surface area contributed by atoms with Crippen LogP contribution in [0.25, 0.3) is 6.08 Å². The first kappa shape index (κ1) is 18.3. The van der Waals surface area contributed by atoms with E-state index in [9.17, 15) is 5.11 Å². The minimum atomic E-state index is -1.10. The van der Waals surface area contributed by atoms with Crippen LogP contribution in [-0.4, -0.2) is 12.2 Å². The average molecular weight is 362 g/mol. The highest BCUT2D eigenvalue weighted by Crippen LogP contribution is 2.41. The van der Waals surface area contributed by atoms with E-state index < -0.39 is 5.60 Å². The Kier molecular flexibility index (Phi) is 5.82. The van der Waals surface area contributed by atoms with Crippen LogP contribution in [0.1, 0.15) is 18.1 Å². The highest BCUT2D eigenvalue weighted by molar-refractivity contribution is 8.03. The summed E-state index contributed by atoms with van der Waals surface area (Å²) in [5.74, 6) is 0.817. The Morgan fingerprint density at radius 1 is 0.885 bits per heavy atom. The third-order valence-electron chi connectivity index (χ3n) is 4.20. The summed E-state index contributed by atoms with van der Waals surface area (Å²) >= 11 is 1.56. The zero-order valence-corrected chi connectivity index (χ0v) is 15.7. The molecule has 0 aliphatic heterocycles. The van der Waals surface area contributed by atoms with Gasteiger partial charge in [0.1, 0.15) is 11.4 Å². The summed E-state index contributed by atoms with van der Waals surface area (Å²) in [7, 11) is 1.66. The molecule has 26 heavy (non-hydrogen) atoms. The first-order valence-corrected chi connectivity index (χ1v) is 9.28. The van der Waals surface area contributed by atoms with Gasteiger partial charge in [-0.05, 0) is 48.4 Å². The summed E-state index contributed by atoms with van der Waals surface area (Å²) in [5, 5.41) is 11.4. The molecule has 0 aliphatic rings. The molecule has 0 saturated carbocycles. The van der Waals surface area contributed by atoms with Crippen molar-refractivity contribution < 1.29 is 9.84 Å². The molecule has 0 aliphatic carbocycles. The summed E-state index contributed by atoms with van der Waals surface area (Å²) in [6, 6.07) is 27.7. The first-order valence-electron chi connectivity index (χ1n) is 8.46. The zero-order valence-electron chi connectivity index (χ0n) is 14.9. The number of ether oxygens (including phenoxy) is 1. The Balaban J connectivity index is 2.00. The molecule has 0 fully saturated rings. The number of thioether (sulfide) groups is 1. The fraction of sp³-hybridized carbons (Fsp3) is 0.130. The molecule has 1 atom stereocenters. The van der Waals surface area contributed by atoms with E-state index in [1.54, 1.807) is 18.9 Å². The van der Waals surface area contributed by atoms with Gasteiger partial charge in [-0.25, -0.2) is 0 Å². The Morgan fingerprint density at radius 3 is 2.04 bits per heavy atom. The lowest BCUT2D eigenvalue weighted by Gasteiger charge is -2.27. The topological polar surface area (TPSA) is 29.5 Å². The maximum atomic E-state index is 11.4. The van der Waals surface area contributed by atoms with E-state index in [2.05, 4.69) is 0 Å². The van der Waals surface area contributed by atoms with Crippen LogP contribution in [0, 0.1) is 0 Å². The standard InChI is InChI=1S/C23H22O2S/c1-23(24,19-11-7-4-8-12-19)22(17-18-9-5-3-6-10-18)26-21-15-13-20(25-2)14-16-21/h3-17,24H,1-2H3/b22-17-. The lowest BCUT2D eigenvalue weighted by atomic mass is 9.94. The van der Waals surface area contributed by atoms with Crippen LogP contribution in [0.2, 0.25) is 0 Å². The SMILES string of the molecule is COc1ccc(S/C(=C\c2ccccc2)C(C)(O)c2ccccc2)cc1. The normalized spacial score (nSPS) is 13.9. The minimum absolute atomic E-state index is 0.817. The molecule has 3 aromatic rings. The molecule has 2 nitrogen and oxygen atoms in total. The van der Waals surface area contributed by atoms with Crippen LogP contribution in [-0.2, 0) is 5.60 Å². The molecule has 132 valence electrons. The van der Waals surface area contributed by atoms with Gasteiger partial charge in [-0.2, -0.15) is 0 Å². The van der Waals surface area contributed by atoms with E-state index in [-0.39, 0.29) is 0 Å². The number of rotatable bonds is 6. The molecule has 3 heteroatoms. The van der Waals surface area contributed by atoms with Crippen molar-refractivity contribution in [3.8, 4) is 5.75 Å². The molecule has 0 spiro atoms. The predicted octanol–water partition coefficient (Wildman–Crippen LogP) is 5.74. The molecule has 1 unspecified atom stereocenters. The van der Waals surface area contributed by atoms with Crippen molar-refractivity contribution in [1.82, 2.24) is 0 Å². The fourth-order valence-corrected chi connectivity index (χ4v) is 3.68. The van der Waals surface area contributed by atoms with E-state index in [0.717, 1.165) is 26.7 Å². The van der Waals surface area contributed by atoms with E-state index >= 15 is 0 Å². The maximum absolute atomic E-state index is 11.4. The van der Waals surface area contributed by atoms with E-state index in [1.807, 2.05) is 97.9 Å². The quantitative estimate of drug-likeness (QED) is 0.567. The lowest BCUT2D eigenvalue weighted by molar-refractivity contribution is 0.108. The van der Waals surface area contributed by atoms with Crippen LogP contribution in [0.15, 0.2) is 94.7 Å². The maximum Gasteiger partial charge on any atom is 0.118 e. The summed E-state index contributed by atoms with van der Waals surface area (Å²) in [6.07, 6.45) is 2.04. The zero-order chi connectivity index (χ0) is 18.4. The van der Waals surface area contributed by atoms with Crippen molar-refractivity contribution in [2.75, 3.05) is 7.11 Å². The number of methoxy groups -OCH3 is 1. The minimum Gasteiger partial charge on any atom is -0.497 e. The lowest BCUT2D eigenvalue weighted by Crippen LogP contribution is -2.22. The summed E-state index contributed by atoms with van der Waals surface area (Å²) in [4.78, 5) is 1.91. The second-order valence-corrected chi connectivity index (χ2v) is 7.25. The van der Waals surface area contributed by atoms with Gasteiger partial charge >= 0.3 is 0 Å². The molecule has 0 aromatic heterocycles. The Hall–Kier alpha value is -2.49. The van der Waals surface area contributed by atoms with Crippen molar-refractivity contribution in [2.24, 2.45) is 0 Å². The van der Waals surface area contributed by atoms with Crippen molar-refractivity contribution in [2.45, 2.75) is 17.4 Å². The van der Waals surface area contributed by atoms with Crippen LogP contribution in [0.3, 0.4) is 0 Å². The van der Waals surface area contributed by atoms with Gasteiger partial charge in [0.2, 0.25) is 0 Å². The van der Waals surface area contributed by atoms with Crippen LogP contribution < -0.4 is 4.74 Å². The van der Waals surface area contributed by atoms with Gasteiger partial charge in [-0.3, -0.25) is 0 Å². The van der Waals surface area contributed by atoms with Gasteiger partial charge in [0, 0.05) is 9.80 Å². The molecular formula is C23H22O2S. The number of benzene rings is 3. The van der Waals surface area contributed by atoms with Gasteiger partial charge in [0.25, 0.3) is 0 Å². The van der Waals surface area contributed by atoms with Crippen molar-refractivity contribution in [3.63, 3.8) is 0 Å². The second kappa shape index (κ2) is 8.26. The molecule has 0 bridgehead atoms. The highest BCUT2D eigenvalue weighted by Gasteiger charge is 2.29. The third kappa shape index (κ3) is 4.37. The summed E-state index contributed by atoms with van der Waals surface area (Å²) in [6.45, 7) is 1.84. The van der Waals surface area contributed by atoms with Gasteiger partial charge in [-0.1, -0.05) is 72.4 Å². The molecular weight excluding hydrogens is 340 g/mol.